The largest absolute Gasteiger partial charge is 0.372 e. The van der Waals surface area contributed by atoms with E-state index in [1.165, 1.54) is 31.1 Å². The van der Waals surface area contributed by atoms with Gasteiger partial charge in [-0.05, 0) is 49.1 Å². The number of carbonyl (C=O) groups is 1. The number of pyridine rings is 1. The van der Waals surface area contributed by atoms with E-state index in [0.29, 0.717) is 22.8 Å². The summed E-state index contributed by atoms with van der Waals surface area (Å²) < 4.78 is 0. The fourth-order valence-electron chi connectivity index (χ4n) is 3.75. The van der Waals surface area contributed by atoms with Crippen LogP contribution in [0.4, 0.5) is 22.9 Å². The van der Waals surface area contributed by atoms with Crippen LogP contribution in [0.15, 0.2) is 73.4 Å². The highest BCUT2D eigenvalue weighted by Crippen LogP contribution is 2.26. The van der Waals surface area contributed by atoms with Crippen molar-refractivity contribution < 1.29 is 4.79 Å². The zero-order valence-corrected chi connectivity index (χ0v) is 17.5. The van der Waals surface area contributed by atoms with Gasteiger partial charge >= 0.3 is 0 Å². The van der Waals surface area contributed by atoms with E-state index < -0.39 is 5.91 Å². The lowest BCUT2D eigenvalue weighted by Gasteiger charge is -2.28. The topological polar surface area (TPSA) is 83.3 Å². The normalized spacial score (nSPS) is 13.5. The third-order valence-corrected chi connectivity index (χ3v) is 5.44. The number of piperidine rings is 1. The molecule has 1 fully saturated rings. The maximum atomic E-state index is 11.9. The van der Waals surface area contributed by atoms with Crippen LogP contribution in [0.25, 0.3) is 5.70 Å². The molecule has 0 spiro atoms. The molecule has 31 heavy (non-hydrogen) atoms. The maximum absolute atomic E-state index is 11.9. The van der Waals surface area contributed by atoms with Crippen molar-refractivity contribution in [2.75, 3.05) is 28.6 Å². The minimum Gasteiger partial charge on any atom is -0.372 e. The first kappa shape index (κ1) is 20.5. The smallest absolute Gasteiger partial charge is 0.252 e. The van der Waals surface area contributed by atoms with Gasteiger partial charge in [0, 0.05) is 42.4 Å². The third-order valence-electron chi connectivity index (χ3n) is 5.44. The lowest BCUT2D eigenvalue weighted by molar-refractivity contribution is 0.100. The van der Waals surface area contributed by atoms with Crippen LogP contribution in [0.2, 0.25) is 0 Å². The Morgan fingerprint density at radius 1 is 1.00 bits per heavy atom. The molecule has 2 aromatic carbocycles. The van der Waals surface area contributed by atoms with E-state index in [1.807, 2.05) is 42.5 Å². The standard InChI is InChI=1S/C25H27N5O/c1-18(19-8-4-2-5-9-19)28-23-16-24(27-17-22(23)25(26)31)29-20-10-12-21(13-11-20)30-14-6-3-7-15-30/h2,4-5,8-13,16-17H,1,3,6-7,14-15H2,(H2,26,31)(H2,27,28,29). The average Bonchev–Trinajstić information content (AvgIpc) is 2.81. The van der Waals surface area contributed by atoms with Crippen LogP contribution in [0.1, 0.15) is 35.2 Å². The molecular formula is C25H27N5O. The molecule has 0 aliphatic carbocycles. The zero-order valence-electron chi connectivity index (χ0n) is 17.5. The lowest BCUT2D eigenvalue weighted by Crippen LogP contribution is -2.29. The molecular weight excluding hydrogens is 386 g/mol. The van der Waals surface area contributed by atoms with Gasteiger partial charge < -0.3 is 21.3 Å². The quantitative estimate of drug-likeness (QED) is 0.508. The van der Waals surface area contributed by atoms with Gasteiger partial charge in [0.2, 0.25) is 0 Å². The monoisotopic (exact) mass is 413 g/mol. The average molecular weight is 414 g/mol. The molecule has 4 N–H and O–H groups in total. The van der Waals surface area contributed by atoms with Crippen molar-refractivity contribution in [1.29, 1.82) is 0 Å². The lowest BCUT2D eigenvalue weighted by atomic mass is 10.1. The Balaban J connectivity index is 1.51. The summed E-state index contributed by atoms with van der Waals surface area (Å²) in [6.45, 7) is 6.31. The minimum absolute atomic E-state index is 0.308. The second kappa shape index (κ2) is 9.34. The number of hydrogen-bond donors (Lipinski definition) is 3. The fraction of sp³-hybridized carbons (Fsp3) is 0.200. The van der Waals surface area contributed by atoms with Crippen LogP contribution in [0.5, 0.6) is 0 Å². The molecule has 6 nitrogen and oxygen atoms in total. The third kappa shape index (κ3) is 5.04. The van der Waals surface area contributed by atoms with Gasteiger partial charge in [0.15, 0.2) is 0 Å². The van der Waals surface area contributed by atoms with Crippen molar-refractivity contribution >= 4 is 34.5 Å². The van der Waals surface area contributed by atoms with E-state index in [2.05, 4.69) is 39.2 Å². The molecule has 2 heterocycles. The minimum atomic E-state index is -0.548. The Bertz CT molecular complexity index is 1060. The number of carbonyl (C=O) groups excluding carboxylic acids is 1. The van der Waals surface area contributed by atoms with Crippen LogP contribution < -0.4 is 21.3 Å². The summed E-state index contributed by atoms with van der Waals surface area (Å²) in [4.78, 5) is 18.7. The molecule has 0 unspecified atom stereocenters. The molecule has 0 atom stereocenters. The summed E-state index contributed by atoms with van der Waals surface area (Å²) in [6.07, 6.45) is 5.30. The number of amides is 1. The summed E-state index contributed by atoms with van der Waals surface area (Å²) >= 11 is 0. The number of anilines is 4. The fourth-order valence-corrected chi connectivity index (χ4v) is 3.75. The molecule has 1 aliphatic rings. The Kier molecular flexibility index (Phi) is 6.17. The summed E-state index contributed by atoms with van der Waals surface area (Å²) in [5.41, 5.74) is 10.2. The van der Waals surface area contributed by atoms with Gasteiger partial charge in [-0.3, -0.25) is 4.79 Å². The van der Waals surface area contributed by atoms with Gasteiger partial charge in [-0.15, -0.1) is 0 Å². The number of nitrogens with zero attached hydrogens (tertiary/aromatic N) is 2. The first-order chi connectivity index (χ1) is 15.1. The van der Waals surface area contributed by atoms with E-state index in [9.17, 15) is 4.79 Å². The van der Waals surface area contributed by atoms with Crippen molar-refractivity contribution in [2.45, 2.75) is 19.3 Å². The molecule has 3 aromatic rings. The number of nitrogens with one attached hydrogen (secondary N) is 2. The van der Waals surface area contributed by atoms with Crippen molar-refractivity contribution in [3.8, 4) is 0 Å². The van der Waals surface area contributed by atoms with Gasteiger partial charge in [0.05, 0.1) is 11.3 Å². The predicted molar refractivity (Wildman–Crippen MR) is 128 cm³/mol. The van der Waals surface area contributed by atoms with Crippen LogP contribution in [0.3, 0.4) is 0 Å². The number of rotatable bonds is 7. The summed E-state index contributed by atoms with van der Waals surface area (Å²) in [7, 11) is 0. The van der Waals surface area contributed by atoms with E-state index in [1.54, 1.807) is 6.07 Å². The number of primary amides is 1. The molecule has 1 aliphatic heterocycles. The van der Waals surface area contributed by atoms with Gasteiger partial charge in [0.1, 0.15) is 5.82 Å². The van der Waals surface area contributed by atoms with Gasteiger partial charge in [0.25, 0.3) is 5.91 Å². The second-order valence-corrected chi connectivity index (χ2v) is 7.67. The summed E-state index contributed by atoms with van der Waals surface area (Å²) in [5.74, 6) is 0.0624. The molecule has 6 heteroatoms. The van der Waals surface area contributed by atoms with Crippen molar-refractivity contribution in [3.63, 3.8) is 0 Å². The molecule has 4 rings (SSSR count). The van der Waals surface area contributed by atoms with Crippen molar-refractivity contribution in [3.05, 3.63) is 84.6 Å². The Morgan fingerprint density at radius 3 is 2.39 bits per heavy atom. The Labute approximate surface area is 182 Å². The second-order valence-electron chi connectivity index (χ2n) is 7.67. The van der Waals surface area contributed by atoms with Gasteiger partial charge in [-0.1, -0.05) is 36.9 Å². The molecule has 0 bridgehead atoms. The zero-order chi connectivity index (χ0) is 21.6. The highest BCUT2D eigenvalue weighted by atomic mass is 16.1. The number of benzene rings is 2. The first-order valence-electron chi connectivity index (χ1n) is 10.5. The Hall–Kier alpha value is -3.80. The van der Waals surface area contributed by atoms with Crippen LogP contribution in [-0.4, -0.2) is 24.0 Å². The highest BCUT2D eigenvalue weighted by Gasteiger charge is 2.13. The number of aromatic nitrogens is 1. The van der Waals surface area contributed by atoms with Crippen molar-refractivity contribution in [1.82, 2.24) is 4.98 Å². The SMILES string of the molecule is C=C(Nc1cc(Nc2ccc(N3CCCCC3)cc2)ncc1C(N)=O)c1ccccc1. The van der Waals surface area contributed by atoms with Gasteiger partial charge in [-0.2, -0.15) is 0 Å². The van der Waals surface area contributed by atoms with E-state index in [-0.39, 0.29) is 0 Å². The molecule has 1 saturated heterocycles. The van der Waals surface area contributed by atoms with E-state index in [0.717, 1.165) is 24.3 Å². The van der Waals surface area contributed by atoms with Crippen LogP contribution in [0, 0.1) is 0 Å². The van der Waals surface area contributed by atoms with Gasteiger partial charge in [-0.25, -0.2) is 4.98 Å². The van der Waals surface area contributed by atoms with E-state index >= 15 is 0 Å². The molecule has 1 amide bonds. The summed E-state index contributed by atoms with van der Waals surface area (Å²) in [6, 6.07) is 19.8. The summed E-state index contributed by atoms with van der Waals surface area (Å²) in [5, 5.41) is 6.51. The predicted octanol–water partition coefficient (Wildman–Crippen LogP) is 5.00. The number of hydrogen-bond acceptors (Lipinski definition) is 5. The molecule has 0 radical (unpaired) electrons. The van der Waals surface area contributed by atoms with Crippen LogP contribution in [-0.2, 0) is 0 Å². The first-order valence-corrected chi connectivity index (χ1v) is 10.5. The maximum Gasteiger partial charge on any atom is 0.252 e. The molecule has 0 saturated carbocycles. The highest BCUT2D eigenvalue weighted by molar-refractivity contribution is 6.00. The Morgan fingerprint density at radius 2 is 1.71 bits per heavy atom. The molecule has 1 aromatic heterocycles. The van der Waals surface area contributed by atoms with E-state index in [4.69, 9.17) is 5.73 Å². The van der Waals surface area contributed by atoms with Crippen molar-refractivity contribution in [2.24, 2.45) is 5.73 Å². The van der Waals surface area contributed by atoms with Crippen LogP contribution >= 0.6 is 0 Å². The molecule has 158 valence electrons. The number of nitrogens with two attached hydrogens (primary N) is 1.